The Labute approximate surface area is 173 Å². The number of fused-ring (bicyclic) bond motifs is 3. The van der Waals surface area contributed by atoms with E-state index < -0.39 is 12.0 Å². The summed E-state index contributed by atoms with van der Waals surface area (Å²) in [5.41, 5.74) is 2.46. The number of nitrogens with zero attached hydrogens (tertiary/aromatic N) is 3. The highest BCUT2D eigenvalue weighted by Crippen LogP contribution is 2.49. The first-order chi connectivity index (χ1) is 13.5. The van der Waals surface area contributed by atoms with Crippen molar-refractivity contribution in [2.75, 3.05) is 18.0 Å². The molecule has 0 aliphatic carbocycles. The molecular weight excluding hydrogens is 397 g/mol. The van der Waals surface area contributed by atoms with Gasteiger partial charge in [0.25, 0.3) is 5.91 Å². The maximum Gasteiger partial charge on any atom is 0.253 e. The van der Waals surface area contributed by atoms with Crippen molar-refractivity contribution in [2.24, 2.45) is 5.92 Å². The average molecular weight is 416 g/mol. The van der Waals surface area contributed by atoms with Crippen molar-refractivity contribution in [2.45, 2.75) is 25.4 Å². The van der Waals surface area contributed by atoms with E-state index >= 15 is 0 Å². The normalized spacial score (nSPS) is 27.5. The SMILES string of the molecule is Cc1ccc(N2C(=O)[C@H]3[C@H](C2=O)N2CCCN2[C@H]3c2ccc(Cl)cc2)cc1Cl. The molecule has 0 radical (unpaired) electrons. The molecule has 2 amide bonds. The Morgan fingerprint density at radius 2 is 1.57 bits per heavy atom. The third-order valence-corrected chi connectivity index (χ3v) is 6.69. The number of benzene rings is 2. The standard InChI is InChI=1S/C21H19Cl2N3O2/c1-12-3-8-15(11-16(12)23)26-20(27)17-18(13-4-6-14(22)7-5-13)24-9-2-10-25(24)19(17)21(26)28/h3-8,11,17-19H,2,9-10H2,1H3/t17-,18+,19-/m1/s1. The summed E-state index contributed by atoms with van der Waals surface area (Å²) < 4.78 is 0. The number of rotatable bonds is 2. The zero-order valence-electron chi connectivity index (χ0n) is 15.3. The van der Waals surface area contributed by atoms with Gasteiger partial charge in [-0.05, 0) is 48.7 Å². The van der Waals surface area contributed by atoms with Gasteiger partial charge in [0.15, 0.2) is 0 Å². The molecule has 7 heteroatoms. The van der Waals surface area contributed by atoms with E-state index in [2.05, 4.69) is 10.0 Å². The zero-order chi connectivity index (χ0) is 19.6. The number of hydrogen-bond donors (Lipinski definition) is 0. The second-order valence-corrected chi connectivity index (χ2v) is 8.44. The number of hydrogen-bond acceptors (Lipinski definition) is 4. The molecule has 3 atom stereocenters. The Bertz CT molecular complexity index is 978. The molecule has 3 fully saturated rings. The van der Waals surface area contributed by atoms with Crippen LogP contribution in [0.1, 0.15) is 23.6 Å². The minimum absolute atomic E-state index is 0.160. The Morgan fingerprint density at radius 3 is 2.25 bits per heavy atom. The van der Waals surface area contributed by atoms with E-state index in [0.29, 0.717) is 15.7 Å². The van der Waals surface area contributed by atoms with Gasteiger partial charge >= 0.3 is 0 Å². The van der Waals surface area contributed by atoms with E-state index in [0.717, 1.165) is 30.6 Å². The molecule has 5 rings (SSSR count). The van der Waals surface area contributed by atoms with Crippen molar-refractivity contribution < 1.29 is 9.59 Å². The molecule has 0 N–H and O–H groups in total. The predicted molar refractivity (Wildman–Crippen MR) is 108 cm³/mol. The van der Waals surface area contributed by atoms with Gasteiger partial charge < -0.3 is 0 Å². The quantitative estimate of drug-likeness (QED) is 0.698. The number of carbonyl (C=O) groups is 2. The topological polar surface area (TPSA) is 43.9 Å². The lowest BCUT2D eigenvalue weighted by Gasteiger charge is -2.29. The molecule has 0 bridgehead atoms. The molecule has 3 saturated heterocycles. The Balaban J connectivity index is 1.58. The third kappa shape index (κ3) is 2.54. The number of anilines is 1. The Kier molecular flexibility index (Phi) is 4.25. The van der Waals surface area contributed by atoms with Crippen LogP contribution in [-0.4, -0.2) is 41.0 Å². The van der Waals surface area contributed by atoms with Crippen LogP contribution in [0.5, 0.6) is 0 Å². The van der Waals surface area contributed by atoms with Crippen LogP contribution in [0.15, 0.2) is 42.5 Å². The summed E-state index contributed by atoms with van der Waals surface area (Å²) in [6.45, 7) is 3.52. The van der Waals surface area contributed by atoms with Gasteiger partial charge in [0.2, 0.25) is 5.91 Å². The number of imide groups is 1. The van der Waals surface area contributed by atoms with Crippen molar-refractivity contribution in [1.29, 1.82) is 0 Å². The highest BCUT2D eigenvalue weighted by atomic mass is 35.5. The van der Waals surface area contributed by atoms with Crippen LogP contribution in [0.25, 0.3) is 0 Å². The van der Waals surface area contributed by atoms with Crippen LogP contribution in [-0.2, 0) is 9.59 Å². The minimum Gasteiger partial charge on any atom is -0.274 e. The first-order valence-corrected chi connectivity index (χ1v) is 10.2. The van der Waals surface area contributed by atoms with Gasteiger partial charge in [-0.15, -0.1) is 0 Å². The van der Waals surface area contributed by atoms with Crippen molar-refractivity contribution in [3.05, 3.63) is 63.6 Å². The van der Waals surface area contributed by atoms with Crippen LogP contribution >= 0.6 is 23.2 Å². The van der Waals surface area contributed by atoms with Gasteiger partial charge in [0.1, 0.15) is 6.04 Å². The molecule has 3 heterocycles. The van der Waals surface area contributed by atoms with Gasteiger partial charge in [-0.1, -0.05) is 41.4 Å². The Morgan fingerprint density at radius 1 is 0.893 bits per heavy atom. The first-order valence-electron chi connectivity index (χ1n) is 9.40. The number of hydrazine groups is 1. The smallest absolute Gasteiger partial charge is 0.253 e. The number of halogens is 2. The van der Waals surface area contributed by atoms with Crippen molar-refractivity contribution in [3.63, 3.8) is 0 Å². The molecule has 3 aliphatic heterocycles. The van der Waals surface area contributed by atoms with Crippen LogP contribution < -0.4 is 4.90 Å². The summed E-state index contributed by atoms with van der Waals surface area (Å²) in [6.07, 6.45) is 0.977. The maximum absolute atomic E-state index is 13.5. The molecule has 5 nitrogen and oxygen atoms in total. The average Bonchev–Trinajstić information content (AvgIpc) is 3.31. The van der Waals surface area contributed by atoms with Gasteiger partial charge in [0.05, 0.1) is 17.6 Å². The van der Waals surface area contributed by atoms with Crippen LogP contribution in [0.2, 0.25) is 10.0 Å². The zero-order valence-corrected chi connectivity index (χ0v) is 16.8. The van der Waals surface area contributed by atoms with Crippen molar-refractivity contribution >= 4 is 40.7 Å². The highest BCUT2D eigenvalue weighted by Gasteiger charge is 2.62. The predicted octanol–water partition coefficient (Wildman–Crippen LogP) is 3.84. The largest absolute Gasteiger partial charge is 0.274 e. The summed E-state index contributed by atoms with van der Waals surface area (Å²) >= 11 is 12.3. The van der Waals surface area contributed by atoms with Gasteiger partial charge in [0, 0.05) is 23.1 Å². The van der Waals surface area contributed by atoms with Gasteiger partial charge in [-0.25, -0.2) is 14.9 Å². The fourth-order valence-corrected chi connectivity index (χ4v) is 5.05. The summed E-state index contributed by atoms with van der Waals surface area (Å²) in [6, 6.07) is 12.3. The second kappa shape index (κ2) is 6.56. The lowest BCUT2D eigenvalue weighted by Crippen LogP contribution is -2.44. The van der Waals surface area contributed by atoms with Crippen LogP contribution in [0, 0.1) is 12.8 Å². The highest BCUT2D eigenvalue weighted by molar-refractivity contribution is 6.32. The molecule has 2 aromatic rings. The number of carbonyl (C=O) groups excluding carboxylic acids is 2. The Hall–Kier alpha value is -1.92. The van der Waals surface area contributed by atoms with Crippen molar-refractivity contribution in [3.8, 4) is 0 Å². The van der Waals surface area contributed by atoms with Crippen molar-refractivity contribution in [1.82, 2.24) is 10.0 Å². The fraction of sp³-hybridized carbons (Fsp3) is 0.333. The summed E-state index contributed by atoms with van der Waals surface area (Å²) in [4.78, 5) is 28.1. The molecule has 144 valence electrons. The third-order valence-electron chi connectivity index (χ3n) is 6.03. The van der Waals surface area contributed by atoms with E-state index in [9.17, 15) is 9.59 Å². The summed E-state index contributed by atoms with van der Waals surface area (Å²) in [5, 5.41) is 5.47. The lowest BCUT2D eigenvalue weighted by molar-refractivity contribution is -0.126. The molecule has 0 unspecified atom stereocenters. The van der Waals surface area contributed by atoms with E-state index in [1.165, 1.54) is 4.90 Å². The fourth-order valence-electron chi connectivity index (χ4n) is 4.75. The van der Waals surface area contributed by atoms with Gasteiger partial charge in [-0.2, -0.15) is 0 Å². The maximum atomic E-state index is 13.5. The summed E-state index contributed by atoms with van der Waals surface area (Å²) in [5.74, 6) is -0.767. The van der Waals surface area contributed by atoms with Crippen LogP contribution in [0.3, 0.4) is 0 Å². The van der Waals surface area contributed by atoms with E-state index in [1.54, 1.807) is 12.1 Å². The molecular formula is C21H19Cl2N3O2. The lowest BCUT2D eigenvalue weighted by atomic mass is 9.90. The van der Waals surface area contributed by atoms with Crippen LogP contribution in [0.4, 0.5) is 5.69 Å². The number of amides is 2. The van der Waals surface area contributed by atoms with Gasteiger partial charge in [-0.3, -0.25) is 9.59 Å². The molecule has 0 spiro atoms. The summed E-state index contributed by atoms with van der Waals surface area (Å²) in [7, 11) is 0. The molecule has 28 heavy (non-hydrogen) atoms. The molecule has 0 saturated carbocycles. The minimum atomic E-state index is -0.462. The molecule has 3 aliphatic rings. The van der Waals surface area contributed by atoms with E-state index in [1.807, 2.05) is 37.3 Å². The van der Waals surface area contributed by atoms with E-state index in [4.69, 9.17) is 23.2 Å². The number of aryl methyl sites for hydroxylation is 1. The molecule has 2 aromatic carbocycles. The monoisotopic (exact) mass is 415 g/mol. The second-order valence-electron chi connectivity index (χ2n) is 7.59. The van der Waals surface area contributed by atoms with E-state index in [-0.39, 0.29) is 17.9 Å². The molecule has 0 aromatic heterocycles. The first kappa shape index (κ1) is 18.1.